The van der Waals surface area contributed by atoms with Crippen LogP contribution in [0.4, 0.5) is 0 Å². The number of carbonyl (C=O) groups is 3. The Labute approximate surface area is 146 Å². The van der Waals surface area contributed by atoms with E-state index >= 15 is 0 Å². The highest BCUT2D eigenvalue weighted by Crippen LogP contribution is 2.23. The quantitative estimate of drug-likeness (QED) is 0.733. The minimum Gasteiger partial charge on any atom is -0.352 e. The highest BCUT2D eigenvalue weighted by molar-refractivity contribution is 5.83. The first-order valence-electron chi connectivity index (χ1n) is 8.59. The van der Waals surface area contributed by atoms with E-state index < -0.39 is 0 Å². The van der Waals surface area contributed by atoms with E-state index in [9.17, 15) is 14.4 Å². The molecule has 140 valence electrons. The average Bonchev–Trinajstić information content (AvgIpc) is 2.43. The number of amides is 3. The number of hydrogen-bond acceptors (Lipinski definition) is 3. The van der Waals surface area contributed by atoms with Crippen LogP contribution in [0.1, 0.15) is 54.4 Å². The number of rotatable bonds is 8. The molecule has 24 heavy (non-hydrogen) atoms. The highest BCUT2D eigenvalue weighted by Gasteiger charge is 2.20. The van der Waals surface area contributed by atoms with E-state index in [1.807, 2.05) is 13.8 Å². The zero-order valence-corrected chi connectivity index (χ0v) is 16.6. The zero-order valence-electron chi connectivity index (χ0n) is 16.6. The predicted octanol–water partition coefficient (Wildman–Crippen LogP) is 1.89. The lowest BCUT2D eigenvalue weighted by atomic mass is 9.87. The molecule has 0 aromatic heterocycles. The fraction of sp³-hybridized carbons (Fsp3) is 0.833. The molecule has 0 spiro atoms. The summed E-state index contributed by atoms with van der Waals surface area (Å²) >= 11 is 0. The monoisotopic (exact) mass is 341 g/mol. The van der Waals surface area contributed by atoms with E-state index in [2.05, 4.69) is 26.1 Å². The largest absolute Gasteiger partial charge is 0.352 e. The van der Waals surface area contributed by atoms with Gasteiger partial charge in [0.05, 0.1) is 6.54 Å². The van der Waals surface area contributed by atoms with E-state index in [0.29, 0.717) is 6.54 Å². The molecular weight excluding hydrogens is 306 g/mol. The van der Waals surface area contributed by atoms with Gasteiger partial charge in [-0.2, -0.15) is 0 Å². The molecule has 6 heteroatoms. The highest BCUT2D eigenvalue weighted by atomic mass is 16.2. The number of hydrogen-bond donors (Lipinski definition) is 1. The molecule has 2 atom stereocenters. The molecule has 0 aliphatic rings. The number of nitrogens with zero attached hydrogens (tertiary/aromatic N) is 2. The molecule has 0 aliphatic heterocycles. The lowest BCUT2D eigenvalue weighted by Gasteiger charge is -2.26. The third kappa shape index (κ3) is 9.53. The number of likely N-dealkylation sites (N-methyl/N-ethyl adjacent to an activating group) is 2. The Bertz CT molecular complexity index is 443. The second-order valence-electron chi connectivity index (χ2n) is 8.06. The summed E-state index contributed by atoms with van der Waals surface area (Å²) in [7, 11) is 3.28. The first-order chi connectivity index (χ1) is 10.8. The van der Waals surface area contributed by atoms with Crippen molar-refractivity contribution in [2.24, 2.45) is 11.3 Å². The second kappa shape index (κ2) is 9.64. The molecule has 0 aromatic rings. The summed E-state index contributed by atoms with van der Waals surface area (Å²) in [6.45, 7) is 12.2. The lowest BCUT2D eigenvalue weighted by molar-refractivity contribution is -0.137. The van der Waals surface area contributed by atoms with Gasteiger partial charge in [0, 0.05) is 39.5 Å². The molecule has 3 amide bonds. The minimum absolute atomic E-state index is 0.0217. The molecule has 0 rings (SSSR count). The number of carbonyl (C=O) groups excluding carboxylic acids is 3. The normalized spacial score (nSPS) is 13.8. The molecule has 0 saturated heterocycles. The summed E-state index contributed by atoms with van der Waals surface area (Å²) < 4.78 is 0. The maximum absolute atomic E-state index is 12.2. The summed E-state index contributed by atoms with van der Waals surface area (Å²) in [4.78, 5) is 38.4. The van der Waals surface area contributed by atoms with Crippen LogP contribution in [0.2, 0.25) is 0 Å². The smallest absolute Gasteiger partial charge is 0.241 e. The standard InChI is InChI=1S/C18H35N3O3/c1-13(9-10-18(4,5)6)17(24)19-14(2)11-21(8)16(23)12-20(7)15(3)22/h13-14H,9-12H2,1-8H3,(H,19,24). The molecule has 0 fully saturated rings. The Morgan fingerprint density at radius 2 is 1.58 bits per heavy atom. The molecule has 6 nitrogen and oxygen atoms in total. The Morgan fingerprint density at radius 3 is 2.04 bits per heavy atom. The maximum atomic E-state index is 12.2. The van der Waals surface area contributed by atoms with Gasteiger partial charge in [0.15, 0.2) is 0 Å². The van der Waals surface area contributed by atoms with Crippen molar-refractivity contribution in [3.8, 4) is 0 Å². The Morgan fingerprint density at radius 1 is 1.04 bits per heavy atom. The average molecular weight is 341 g/mol. The Balaban J connectivity index is 4.31. The maximum Gasteiger partial charge on any atom is 0.241 e. The van der Waals surface area contributed by atoms with Crippen LogP contribution in [0.3, 0.4) is 0 Å². The first-order valence-corrected chi connectivity index (χ1v) is 8.59. The van der Waals surface area contributed by atoms with Crippen molar-refractivity contribution < 1.29 is 14.4 Å². The topological polar surface area (TPSA) is 69.7 Å². The van der Waals surface area contributed by atoms with Crippen molar-refractivity contribution in [3.05, 3.63) is 0 Å². The van der Waals surface area contributed by atoms with Gasteiger partial charge in [0.1, 0.15) is 0 Å². The van der Waals surface area contributed by atoms with E-state index in [0.717, 1.165) is 12.8 Å². The van der Waals surface area contributed by atoms with Crippen LogP contribution in [0.5, 0.6) is 0 Å². The molecule has 0 bridgehead atoms. The van der Waals surface area contributed by atoms with Crippen LogP contribution >= 0.6 is 0 Å². The number of nitrogens with one attached hydrogen (secondary N) is 1. The van der Waals surface area contributed by atoms with Gasteiger partial charge in [-0.15, -0.1) is 0 Å². The van der Waals surface area contributed by atoms with Crippen molar-refractivity contribution in [2.75, 3.05) is 27.2 Å². The van der Waals surface area contributed by atoms with Crippen LogP contribution in [0.15, 0.2) is 0 Å². The molecule has 0 heterocycles. The van der Waals surface area contributed by atoms with Gasteiger partial charge in [-0.05, 0) is 25.2 Å². The first kappa shape index (κ1) is 22.4. The molecule has 0 aromatic carbocycles. The van der Waals surface area contributed by atoms with Crippen LogP contribution in [0.25, 0.3) is 0 Å². The lowest BCUT2D eigenvalue weighted by Crippen LogP contribution is -2.46. The van der Waals surface area contributed by atoms with Gasteiger partial charge in [-0.3, -0.25) is 14.4 Å². The third-order valence-corrected chi connectivity index (χ3v) is 4.05. The van der Waals surface area contributed by atoms with Crippen molar-refractivity contribution in [2.45, 2.75) is 60.4 Å². The van der Waals surface area contributed by atoms with Gasteiger partial charge in [0.25, 0.3) is 0 Å². The van der Waals surface area contributed by atoms with Gasteiger partial charge in [0.2, 0.25) is 17.7 Å². The SMILES string of the molecule is CC(=O)N(C)CC(=O)N(C)CC(C)NC(=O)C(C)CCC(C)(C)C. The van der Waals surface area contributed by atoms with Crippen molar-refractivity contribution in [1.29, 1.82) is 0 Å². The fourth-order valence-corrected chi connectivity index (χ4v) is 2.16. The van der Waals surface area contributed by atoms with Crippen molar-refractivity contribution >= 4 is 17.7 Å². The summed E-state index contributed by atoms with van der Waals surface area (Å²) in [5, 5.41) is 2.96. The Kier molecular flexibility index (Phi) is 9.01. The zero-order chi connectivity index (χ0) is 19.1. The third-order valence-electron chi connectivity index (χ3n) is 4.05. The molecule has 1 N–H and O–H groups in total. The van der Waals surface area contributed by atoms with Gasteiger partial charge in [-0.1, -0.05) is 27.7 Å². The Hall–Kier alpha value is -1.59. The van der Waals surface area contributed by atoms with E-state index in [1.165, 1.54) is 11.8 Å². The van der Waals surface area contributed by atoms with Crippen LogP contribution in [-0.4, -0.2) is 60.7 Å². The van der Waals surface area contributed by atoms with E-state index in [4.69, 9.17) is 0 Å². The summed E-state index contributed by atoms with van der Waals surface area (Å²) in [6.07, 6.45) is 1.84. The predicted molar refractivity (Wildman–Crippen MR) is 96.4 cm³/mol. The second-order valence-corrected chi connectivity index (χ2v) is 8.06. The fourth-order valence-electron chi connectivity index (χ4n) is 2.16. The summed E-state index contributed by atoms with van der Waals surface area (Å²) in [6, 6.07) is -0.133. The molecular formula is C18H35N3O3. The molecule has 0 saturated carbocycles. The summed E-state index contributed by atoms with van der Waals surface area (Å²) in [5.74, 6) is -0.315. The van der Waals surface area contributed by atoms with Gasteiger partial charge >= 0.3 is 0 Å². The van der Waals surface area contributed by atoms with Crippen molar-refractivity contribution in [1.82, 2.24) is 15.1 Å². The van der Waals surface area contributed by atoms with Crippen LogP contribution < -0.4 is 5.32 Å². The van der Waals surface area contributed by atoms with Crippen LogP contribution in [-0.2, 0) is 14.4 Å². The van der Waals surface area contributed by atoms with Gasteiger partial charge in [-0.25, -0.2) is 0 Å². The van der Waals surface area contributed by atoms with Gasteiger partial charge < -0.3 is 15.1 Å². The minimum atomic E-state index is -0.147. The van der Waals surface area contributed by atoms with Crippen molar-refractivity contribution in [3.63, 3.8) is 0 Å². The summed E-state index contributed by atoms with van der Waals surface area (Å²) in [5.41, 5.74) is 0.218. The van der Waals surface area contributed by atoms with E-state index in [-0.39, 0.29) is 41.6 Å². The van der Waals surface area contributed by atoms with Crippen LogP contribution in [0, 0.1) is 11.3 Å². The molecule has 2 unspecified atom stereocenters. The molecule has 0 aliphatic carbocycles. The van der Waals surface area contributed by atoms with E-state index in [1.54, 1.807) is 19.0 Å². The molecule has 0 radical (unpaired) electrons.